The Labute approximate surface area is 131 Å². The van der Waals surface area contributed by atoms with Crippen LogP contribution in [0.5, 0.6) is 0 Å². The van der Waals surface area contributed by atoms with Gasteiger partial charge in [-0.15, -0.1) is 0 Å². The second-order valence-corrected chi connectivity index (χ2v) is 7.56. The molecule has 0 bridgehead atoms. The molecule has 1 aliphatic rings. The van der Waals surface area contributed by atoms with Gasteiger partial charge in [-0.2, -0.15) is 4.31 Å². The highest BCUT2D eigenvalue weighted by Crippen LogP contribution is 2.28. The second kappa shape index (κ2) is 5.83. The van der Waals surface area contributed by atoms with Gasteiger partial charge in [0.2, 0.25) is 10.0 Å². The lowest BCUT2D eigenvalue weighted by molar-refractivity contribution is 0.173. The summed E-state index contributed by atoms with van der Waals surface area (Å²) in [4.78, 5) is 0.274. The number of fused-ring (bicyclic) bond motifs is 1. The number of nitrogens with zero attached hydrogens (tertiary/aromatic N) is 1. The van der Waals surface area contributed by atoms with E-state index >= 15 is 0 Å². The number of aryl methyl sites for hydroxylation is 1. The molecule has 116 valence electrons. The lowest BCUT2D eigenvalue weighted by Gasteiger charge is -2.34. The van der Waals surface area contributed by atoms with Crippen molar-refractivity contribution in [1.82, 2.24) is 4.31 Å². The third-order valence-electron chi connectivity index (χ3n) is 4.15. The summed E-state index contributed by atoms with van der Waals surface area (Å²) in [6.07, 6.45) is 0.539. The molecule has 1 N–H and O–H groups in total. The molecule has 1 aliphatic heterocycles. The first-order chi connectivity index (χ1) is 10.5. The number of benzene rings is 2. The van der Waals surface area contributed by atoms with Crippen LogP contribution in [0.15, 0.2) is 53.4 Å². The predicted molar refractivity (Wildman–Crippen MR) is 84.9 cm³/mol. The lowest BCUT2D eigenvalue weighted by atomic mass is 9.96. The van der Waals surface area contributed by atoms with E-state index < -0.39 is 16.1 Å². The van der Waals surface area contributed by atoms with E-state index in [2.05, 4.69) is 0 Å². The van der Waals surface area contributed by atoms with Gasteiger partial charge < -0.3 is 5.11 Å². The van der Waals surface area contributed by atoms with Crippen LogP contribution in [0, 0.1) is 6.92 Å². The second-order valence-electron chi connectivity index (χ2n) is 5.67. The average Bonchev–Trinajstić information content (AvgIpc) is 2.54. The van der Waals surface area contributed by atoms with Crippen molar-refractivity contribution in [3.63, 3.8) is 0 Å². The molecule has 0 amide bonds. The van der Waals surface area contributed by atoms with E-state index in [1.54, 1.807) is 24.3 Å². The van der Waals surface area contributed by atoms with Gasteiger partial charge in [0.15, 0.2) is 0 Å². The molecule has 1 unspecified atom stereocenters. The fourth-order valence-electron chi connectivity index (χ4n) is 2.85. The van der Waals surface area contributed by atoms with Crippen molar-refractivity contribution in [3.8, 4) is 0 Å². The molecule has 0 radical (unpaired) electrons. The topological polar surface area (TPSA) is 57.6 Å². The Morgan fingerprint density at radius 3 is 2.36 bits per heavy atom. The van der Waals surface area contributed by atoms with Crippen LogP contribution in [0.4, 0.5) is 0 Å². The van der Waals surface area contributed by atoms with Crippen LogP contribution < -0.4 is 0 Å². The maximum Gasteiger partial charge on any atom is 0.243 e. The minimum Gasteiger partial charge on any atom is -0.395 e. The summed E-state index contributed by atoms with van der Waals surface area (Å²) in [5.41, 5.74) is 3.13. The fraction of sp³-hybridized carbons (Fsp3) is 0.294. The Kier molecular flexibility index (Phi) is 4.04. The minimum absolute atomic E-state index is 0.181. The van der Waals surface area contributed by atoms with Crippen LogP contribution in [0.1, 0.15) is 16.7 Å². The molecule has 0 spiro atoms. The van der Waals surface area contributed by atoms with Crippen molar-refractivity contribution in [2.24, 2.45) is 0 Å². The molecule has 0 aromatic heterocycles. The Hall–Kier alpha value is -1.69. The molecule has 2 aromatic rings. The van der Waals surface area contributed by atoms with Crippen molar-refractivity contribution in [2.75, 3.05) is 6.61 Å². The first kappa shape index (κ1) is 15.2. The molecule has 0 saturated carbocycles. The van der Waals surface area contributed by atoms with Crippen LogP contribution in [-0.4, -0.2) is 30.5 Å². The van der Waals surface area contributed by atoms with Crippen molar-refractivity contribution in [2.45, 2.75) is 30.8 Å². The van der Waals surface area contributed by atoms with E-state index in [0.717, 1.165) is 16.7 Å². The van der Waals surface area contributed by atoms with Crippen LogP contribution in [0.3, 0.4) is 0 Å². The zero-order valence-corrected chi connectivity index (χ0v) is 13.3. The third-order valence-corrected chi connectivity index (χ3v) is 6.06. The molecule has 2 aromatic carbocycles. The van der Waals surface area contributed by atoms with Gasteiger partial charge >= 0.3 is 0 Å². The smallest absolute Gasteiger partial charge is 0.243 e. The third kappa shape index (κ3) is 2.67. The van der Waals surface area contributed by atoms with Crippen LogP contribution in [-0.2, 0) is 23.0 Å². The molecule has 0 aliphatic carbocycles. The molecule has 5 heteroatoms. The number of rotatable bonds is 3. The molecular formula is C17H19NO3S. The molecule has 3 rings (SSSR count). The average molecular weight is 317 g/mol. The van der Waals surface area contributed by atoms with Gasteiger partial charge in [0.25, 0.3) is 0 Å². The van der Waals surface area contributed by atoms with Crippen molar-refractivity contribution < 1.29 is 13.5 Å². The quantitative estimate of drug-likeness (QED) is 0.943. The Morgan fingerprint density at radius 1 is 1.09 bits per heavy atom. The van der Waals surface area contributed by atoms with E-state index in [4.69, 9.17) is 0 Å². The molecular weight excluding hydrogens is 298 g/mol. The number of hydrogen-bond donors (Lipinski definition) is 1. The molecule has 0 saturated heterocycles. The number of aliphatic hydroxyl groups is 1. The Morgan fingerprint density at radius 2 is 1.73 bits per heavy atom. The Bertz CT molecular complexity index is 769. The molecule has 1 heterocycles. The van der Waals surface area contributed by atoms with E-state index in [1.807, 2.05) is 31.2 Å². The zero-order valence-electron chi connectivity index (χ0n) is 12.4. The van der Waals surface area contributed by atoms with Gasteiger partial charge in [0, 0.05) is 6.54 Å². The van der Waals surface area contributed by atoms with E-state index in [-0.39, 0.29) is 11.5 Å². The molecule has 0 fully saturated rings. The first-order valence-corrected chi connectivity index (χ1v) is 8.72. The predicted octanol–water partition coefficient (Wildman–Crippen LogP) is 2.10. The molecule has 1 atom stereocenters. The normalized spacial score (nSPS) is 18.9. The summed E-state index contributed by atoms with van der Waals surface area (Å²) >= 11 is 0. The van der Waals surface area contributed by atoms with Crippen molar-refractivity contribution >= 4 is 10.0 Å². The summed E-state index contributed by atoms with van der Waals surface area (Å²) in [7, 11) is -3.61. The van der Waals surface area contributed by atoms with Gasteiger partial charge in [-0.25, -0.2) is 8.42 Å². The van der Waals surface area contributed by atoms with Gasteiger partial charge in [-0.3, -0.25) is 0 Å². The van der Waals surface area contributed by atoms with Crippen LogP contribution >= 0.6 is 0 Å². The highest BCUT2D eigenvalue weighted by atomic mass is 32.2. The van der Waals surface area contributed by atoms with Crippen LogP contribution in [0.25, 0.3) is 0 Å². The monoisotopic (exact) mass is 317 g/mol. The van der Waals surface area contributed by atoms with Gasteiger partial charge in [0.1, 0.15) is 0 Å². The van der Waals surface area contributed by atoms with Crippen molar-refractivity contribution in [1.29, 1.82) is 0 Å². The van der Waals surface area contributed by atoms with Gasteiger partial charge in [-0.05, 0) is 36.6 Å². The van der Waals surface area contributed by atoms with Crippen molar-refractivity contribution in [3.05, 3.63) is 65.2 Å². The zero-order chi connectivity index (χ0) is 15.7. The highest BCUT2D eigenvalue weighted by molar-refractivity contribution is 7.89. The van der Waals surface area contributed by atoms with Crippen LogP contribution in [0.2, 0.25) is 0 Å². The summed E-state index contributed by atoms with van der Waals surface area (Å²) in [5.74, 6) is 0. The number of sulfonamides is 1. The number of hydrogen-bond acceptors (Lipinski definition) is 3. The minimum atomic E-state index is -3.61. The first-order valence-electron chi connectivity index (χ1n) is 7.28. The van der Waals surface area contributed by atoms with E-state index in [1.165, 1.54) is 4.31 Å². The fourth-order valence-corrected chi connectivity index (χ4v) is 4.44. The number of aliphatic hydroxyl groups excluding tert-OH is 1. The maximum atomic E-state index is 12.9. The standard InChI is InChI=1S/C17H19NO3S/c1-13-6-8-17(9-7-13)22(20,21)18-11-15-5-3-2-4-14(15)10-16(18)12-19/h2-9,16,19H,10-12H2,1H3. The summed E-state index contributed by atoms with van der Waals surface area (Å²) < 4.78 is 27.2. The molecule has 4 nitrogen and oxygen atoms in total. The van der Waals surface area contributed by atoms with E-state index in [0.29, 0.717) is 13.0 Å². The highest BCUT2D eigenvalue weighted by Gasteiger charge is 2.35. The van der Waals surface area contributed by atoms with Gasteiger partial charge in [0.05, 0.1) is 17.5 Å². The lowest BCUT2D eigenvalue weighted by Crippen LogP contribution is -2.46. The Balaban J connectivity index is 2.00. The summed E-state index contributed by atoms with van der Waals surface area (Å²) in [6.45, 7) is 2.04. The largest absolute Gasteiger partial charge is 0.395 e. The molecule has 22 heavy (non-hydrogen) atoms. The maximum absolute atomic E-state index is 12.9. The summed E-state index contributed by atoms with van der Waals surface area (Å²) in [6, 6.07) is 14.2. The SMILES string of the molecule is Cc1ccc(S(=O)(=O)N2Cc3ccccc3CC2CO)cc1. The summed E-state index contributed by atoms with van der Waals surface area (Å²) in [5, 5.41) is 9.64. The van der Waals surface area contributed by atoms with E-state index in [9.17, 15) is 13.5 Å². The van der Waals surface area contributed by atoms with Gasteiger partial charge in [-0.1, -0.05) is 42.0 Å².